The van der Waals surface area contributed by atoms with Crippen LogP contribution in [0.2, 0.25) is 0 Å². The third-order valence-electron chi connectivity index (χ3n) is 3.36. The molecule has 0 amide bonds. The van der Waals surface area contributed by atoms with Crippen molar-refractivity contribution in [3.8, 4) is 0 Å². The van der Waals surface area contributed by atoms with E-state index in [1.807, 2.05) is 6.20 Å². The van der Waals surface area contributed by atoms with Gasteiger partial charge >= 0.3 is 0 Å². The molecule has 0 radical (unpaired) electrons. The van der Waals surface area contributed by atoms with Crippen LogP contribution in [0.25, 0.3) is 10.9 Å². The van der Waals surface area contributed by atoms with Gasteiger partial charge in [0, 0.05) is 17.1 Å². The van der Waals surface area contributed by atoms with Gasteiger partial charge < -0.3 is 5.32 Å². The number of H-pyrrole nitrogens is 1. The van der Waals surface area contributed by atoms with E-state index in [0.717, 1.165) is 5.52 Å². The van der Waals surface area contributed by atoms with E-state index < -0.39 is 0 Å². The van der Waals surface area contributed by atoms with Crippen LogP contribution in [0.3, 0.4) is 0 Å². The molecular weight excluding hydrogens is 234 g/mol. The number of nitrogens with zero attached hydrogens (tertiary/aromatic N) is 1. The third kappa shape index (κ3) is 3.72. The number of benzene rings is 1. The predicted octanol–water partition coefficient (Wildman–Crippen LogP) is 4.44. The number of aromatic nitrogens is 2. The molecule has 2 rings (SSSR count). The van der Waals surface area contributed by atoms with Crippen molar-refractivity contribution in [3.63, 3.8) is 0 Å². The maximum Gasteiger partial charge on any atom is 0.0671 e. The molecule has 0 aliphatic rings. The Kier molecular flexibility index (Phi) is 4.46. The Morgan fingerprint density at radius 3 is 2.42 bits per heavy atom. The Hall–Kier alpha value is -1.51. The molecule has 1 aromatic carbocycles. The fourth-order valence-electron chi connectivity index (χ4n) is 2.67. The molecule has 0 atom stereocenters. The molecule has 0 spiro atoms. The molecule has 104 valence electrons. The average molecular weight is 259 g/mol. The van der Waals surface area contributed by atoms with Crippen LogP contribution in [0.1, 0.15) is 40.5 Å². The lowest BCUT2D eigenvalue weighted by molar-refractivity contribution is 0.442. The normalized spacial score (nSPS) is 11.9. The first-order valence-corrected chi connectivity index (χ1v) is 7.25. The fourth-order valence-corrected chi connectivity index (χ4v) is 2.67. The molecule has 0 aliphatic heterocycles. The second kappa shape index (κ2) is 6.09. The Morgan fingerprint density at radius 2 is 1.79 bits per heavy atom. The van der Waals surface area contributed by atoms with Gasteiger partial charge in [-0.15, -0.1) is 0 Å². The summed E-state index contributed by atoms with van der Waals surface area (Å²) in [6, 6.07) is 6.81. The van der Waals surface area contributed by atoms with Crippen LogP contribution in [-0.4, -0.2) is 16.2 Å². The van der Waals surface area contributed by atoms with E-state index in [0.29, 0.717) is 17.9 Å². The zero-order chi connectivity index (χ0) is 13.8. The lowest BCUT2D eigenvalue weighted by Crippen LogP contribution is -2.23. The largest absolute Gasteiger partial charge is 0.382 e. The lowest BCUT2D eigenvalue weighted by atomic mass is 9.95. The molecule has 1 heterocycles. The zero-order valence-corrected chi connectivity index (χ0v) is 12.4. The van der Waals surface area contributed by atoms with Crippen molar-refractivity contribution in [2.45, 2.75) is 46.6 Å². The number of nitrogens with one attached hydrogen (secondary N) is 2. The molecule has 0 saturated heterocycles. The second-order valence-corrected chi connectivity index (χ2v) is 6.24. The summed E-state index contributed by atoms with van der Waals surface area (Å²) in [5.74, 6) is 1.42. The van der Waals surface area contributed by atoms with Crippen molar-refractivity contribution in [1.82, 2.24) is 10.2 Å². The van der Waals surface area contributed by atoms with Gasteiger partial charge in [0.25, 0.3) is 0 Å². The highest BCUT2D eigenvalue weighted by atomic mass is 15.1. The molecule has 0 unspecified atom stereocenters. The van der Waals surface area contributed by atoms with Crippen molar-refractivity contribution < 1.29 is 0 Å². The van der Waals surface area contributed by atoms with E-state index in [4.69, 9.17) is 0 Å². The summed E-state index contributed by atoms with van der Waals surface area (Å²) in [7, 11) is 0. The first-order valence-electron chi connectivity index (χ1n) is 7.25. The van der Waals surface area contributed by atoms with Gasteiger partial charge in [0.05, 0.1) is 11.7 Å². The van der Waals surface area contributed by atoms with Crippen LogP contribution in [-0.2, 0) is 0 Å². The number of hydrogen-bond donors (Lipinski definition) is 2. The smallest absolute Gasteiger partial charge is 0.0671 e. The van der Waals surface area contributed by atoms with Gasteiger partial charge in [-0.3, -0.25) is 5.10 Å². The number of anilines is 1. The van der Waals surface area contributed by atoms with Crippen molar-refractivity contribution in [3.05, 3.63) is 24.4 Å². The topological polar surface area (TPSA) is 40.7 Å². The summed E-state index contributed by atoms with van der Waals surface area (Å²) >= 11 is 0. The summed E-state index contributed by atoms with van der Waals surface area (Å²) in [6.07, 6.45) is 4.30. The summed E-state index contributed by atoms with van der Waals surface area (Å²) < 4.78 is 0. The third-order valence-corrected chi connectivity index (χ3v) is 3.36. The van der Waals surface area contributed by atoms with Crippen LogP contribution < -0.4 is 5.32 Å². The fraction of sp³-hybridized carbons (Fsp3) is 0.562. The Labute approximate surface area is 115 Å². The molecule has 1 aromatic heterocycles. The predicted molar refractivity (Wildman–Crippen MR) is 82.4 cm³/mol. The van der Waals surface area contributed by atoms with Gasteiger partial charge in [0.2, 0.25) is 0 Å². The van der Waals surface area contributed by atoms with Gasteiger partial charge in [0.15, 0.2) is 0 Å². The standard InChI is InChI=1S/C16H25N3/c1-11(2)8-13(9-12(3)4)18-15-6-5-7-16-14(15)10-17-19-16/h5-7,10-13,18H,8-9H2,1-4H3,(H,17,19). The molecule has 0 saturated carbocycles. The van der Waals surface area contributed by atoms with Crippen LogP contribution in [0.5, 0.6) is 0 Å². The van der Waals surface area contributed by atoms with E-state index in [1.54, 1.807) is 0 Å². The molecule has 0 aliphatic carbocycles. The molecule has 3 heteroatoms. The van der Waals surface area contributed by atoms with Crippen molar-refractivity contribution in [1.29, 1.82) is 0 Å². The molecule has 0 bridgehead atoms. The Bertz CT molecular complexity index is 503. The monoisotopic (exact) mass is 259 g/mol. The van der Waals surface area contributed by atoms with Gasteiger partial charge in [0.1, 0.15) is 0 Å². The first-order chi connectivity index (χ1) is 9.06. The van der Waals surface area contributed by atoms with E-state index in [1.165, 1.54) is 23.9 Å². The zero-order valence-electron chi connectivity index (χ0n) is 12.4. The highest BCUT2D eigenvalue weighted by Crippen LogP contribution is 2.25. The molecule has 3 nitrogen and oxygen atoms in total. The number of rotatable bonds is 6. The maximum atomic E-state index is 4.13. The quantitative estimate of drug-likeness (QED) is 0.805. The van der Waals surface area contributed by atoms with Crippen molar-refractivity contribution in [2.24, 2.45) is 11.8 Å². The Morgan fingerprint density at radius 1 is 1.11 bits per heavy atom. The Balaban J connectivity index is 2.17. The minimum absolute atomic E-state index is 0.528. The van der Waals surface area contributed by atoms with Crippen molar-refractivity contribution in [2.75, 3.05) is 5.32 Å². The van der Waals surface area contributed by atoms with Gasteiger partial charge in [-0.2, -0.15) is 5.10 Å². The van der Waals surface area contributed by atoms with E-state index in [-0.39, 0.29) is 0 Å². The van der Waals surface area contributed by atoms with Gasteiger partial charge in [-0.05, 0) is 36.8 Å². The van der Waals surface area contributed by atoms with Crippen LogP contribution in [0.4, 0.5) is 5.69 Å². The summed E-state index contributed by atoms with van der Waals surface area (Å²) in [5, 5.41) is 12.0. The summed E-state index contributed by atoms with van der Waals surface area (Å²) in [4.78, 5) is 0. The number of fused-ring (bicyclic) bond motifs is 1. The average Bonchev–Trinajstić information content (AvgIpc) is 2.76. The number of hydrogen-bond acceptors (Lipinski definition) is 2. The van der Waals surface area contributed by atoms with E-state index in [2.05, 4.69) is 61.4 Å². The maximum absolute atomic E-state index is 4.13. The molecule has 2 N–H and O–H groups in total. The molecule has 2 aromatic rings. The van der Waals surface area contributed by atoms with Gasteiger partial charge in [-0.25, -0.2) is 0 Å². The minimum Gasteiger partial charge on any atom is -0.382 e. The molecule has 0 fully saturated rings. The number of aromatic amines is 1. The molecule has 19 heavy (non-hydrogen) atoms. The lowest BCUT2D eigenvalue weighted by Gasteiger charge is -2.24. The summed E-state index contributed by atoms with van der Waals surface area (Å²) in [5.41, 5.74) is 2.29. The highest BCUT2D eigenvalue weighted by molar-refractivity contribution is 5.90. The summed E-state index contributed by atoms with van der Waals surface area (Å²) in [6.45, 7) is 9.14. The second-order valence-electron chi connectivity index (χ2n) is 6.24. The minimum atomic E-state index is 0.528. The van der Waals surface area contributed by atoms with Crippen molar-refractivity contribution >= 4 is 16.6 Å². The van der Waals surface area contributed by atoms with E-state index >= 15 is 0 Å². The van der Waals surface area contributed by atoms with Crippen LogP contribution >= 0.6 is 0 Å². The van der Waals surface area contributed by atoms with Crippen LogP contribution in [0, 0.1) is 11.8 Å². The highest BCUT2D eigenvalue weighted by Gasteiger charge is 2.14. The van der Waals surface area contributed by atoms with Gasteiger partial charge in [-0.1, -0.05) is 33.8 Å². The first kappa shape index (κ1) is 13.9. The van der Waals surface area contributed by atoms with E-state index in [9.17, 15) is 0 Å². The van der Waals surface area contributed by atoms with Crippen LogP contribution in [0.15, 0.2) is 24.4 Å². The molecular formula is C16H25N3. The SMILES string of the molecule is CC(C)CC(CC(C)C)Nc1cccc2[nH]ncc12.